The van der Waals surface area contributed by atoms with E-state index < -0.39 is 29.4 Å². The van der Waals surface area contributed by atoms with Crippen molar-refractivity contribution in [1.29, 1.82) is 0 Å². The normalized spacial score (nSPS) is 11.1. The molecule has 8 heteroatoms. The molecule has 0 amide bonds. The van der Waals surface area contributed by atoms with Crippen LogP contribution in [-0.4, -0.2) is 31.3 Å². The van der Waals surface area contributed by atoms with Crippen molar-refractivity contribution in [2.45, 2.75) is 39.8 Å². The molecule has 0 fully saturated rings. The molecule has 0 spiro atoms. The molecule has 0 aliphatic heterocycles. The SMILES string of the molecule is CCOC(=O)C(C(=O)OCC)=C(Nc1ccc(C(C)C)cc1)C(F)(F)F. The first kappa shape index (κ1) is 21.5. The van der Waals surface area contributed by atoms with Crippen molar-refractivity contribution in [3.63, 3.8) is 0 Å². The van der Waals surface area contributed by atoms with Crippen molar-refractivity contribution in [2.75, 3.05) is 18.5 Å². The van der Waals surface area contributed by atoms with Gasteiger partial charge in [-0.1, -0.05) is 26.0 Å². The largest absolute Gasteiger partial charge is 0.462 e. The molecule has 26 heavy (non-hydrogen) atoms. The summed E-state index contributed by atoms with van der Waals surface area (Å²) in [5, 5.41) is 2.12. The molecule has 0 aromatic heterocycles. The summed E-state index contributed by atoms with van der Waals surface area (Å²) in [5.74, 6) is -2.59. The standard InChI is InChI=1S/C18H22F3NO4/c1-5-25-16(23)14(17(24)26-6-2)15(18(19,20)21)22-13-9-7-12(8-10-13)11(3)4/h7-11,22H,5-6H2,1-4H3. The first-order valence-electron chi connectivity index (χ1n) is 8.14. The number of rotatable bonds is 7. The van der Waals surface area contributed by atoms with E-state index in [2.05, 4.69) is 14.8 Å². The summed E-state index contributed by atoms with van der Waals surface area (Å²) in [4.78, 5) is 23.9. The van der Waals surface area contributed by atoms with Gasteiger partial charge in [0, 0.05) is 5.69 Å². The highest BCUT2D eigenvalue weighted by molar-refractivity contribution is 6.15. The van der Waals surface area contributed by atoms with Gasteiger partial charge in [0.2, 0.25) is 0 Å². The van der Waals surface area contributed by atoms with Crippen LogP contribution in [0, 0.1) is 0 Å². The molecule has 0 aliphatic carbocycles. The molecule has 1 N–H and O–H groups in total. The van der Waals surface area contributed by atoms with Crippen LogP contribution in [0.5, 0.6) is 0 Å². The maximum absolute atomic E-state index is 13.5. The number of halogens is 3. The van der Waals surface area contributed by atoms with Crippen LogP contribution in [-0.2, 0) is 19.1 Å². The van der Waals surface area contributed by atoms with Crippen molar-refractivity contribution >= 4 is 17.6 Å². The van der Waals surface area contributed by atoms with E-state index in [0.717, 1.165) is 5.56 Å². The van der Waals surface area contributed by atoms with Crippen molar-refractivity contribution < 1.29 is 32.2 Å². The lowest BCUT2D eigenvalue weighted by atomic mass is 10.0. The molecule has 0 saturated carbocycles. The molecular formula is C18H22F3NO4. The fraction of sp³-hybridized carbons (Fsp3) is 0.444. The molecule has 0 saturated heterocycles. The summed E-state index contributed by atoms with van der Waals surface area (Å²) in [5.41, 5.74) is -1.72. The van der Waals surface area contributed by atoms with Gasteiger partial charge in [-0.05, 0) is 37.5 Å². The second-order valence-corrected chi connectivity index (χ2v) is 5.59. The summed E-state index contributed by atoms with van der Waals surface area (Å²) in [7, 11) is 0. The Bertz CT molecular complexity index is 644. The Morgan fingerprint density at radius 3 is 1.81 bits per heavy atom. The molecule has 0 radical (unpaired) electrons. The number of benzene rings is 1. The van der Waals surface area contributed by atoms with Crippen LogP contribution in [0.2, 0.25) is 0 Å². The van der Waals surface area contributed by atoms with Gasteiger partial charge in [-0.2, -0.15) is 13.2 Å². The monoisotopic (exact) mass is 373 g/mol. The average molecular weight is 373 g/mol. The Hall–Kier alpha value is -2.51. The molecule has 0 heterocycles. The minimum absolute atomic E-state index is 0.0767. The zero-order valence-electron chi connectivity index (χ0n) is 15.1. The number of anilines is 1. The van der Waals surface area contributed by atoms with Crippen molar-refractivity contribution in [3.8, 4) is 0 Å². The maximum atomic E-state index is 13.5. The number of hydrogen-bond donors (Lipinski definition) is 1. The van der Waals surface area contributed by atoms with Crippen molar-refractivity contribution in [1.82, 2.24) is 0 Å². The van der Waals surface area contributed by atoms with E-state index in [1.165, 1.54) is 26.0 Å². The number of nitrogens with one attached hydrogen (secondary N) is 1. The molecule has 1 aromatic carbocycles. The van der Waals surface area contributed by atoms with Gasteiger partial charge < -0.3 is 14.8 Å². The third-order valence-corrected chi connectivity index (χ3v) is 3.34. The van der Waals surface area contributed by atoms with Gasteiger partial charge in [-0.3, -0.25) is 0 Å². The van der Waals surface area contributed by atoms with Gasteiger partial charge >= 0.3 is 18.1 Å². The summed E-state index contributed by atoms with van der Waals surface area (Å²) < 4.78 is 49.8. The third-order valence-electron chi connectivity index (χ3n) is 3.34. The fourth-order valence-corrected chi connectivity index (χ4v) is 2.06. The minimum atomic E-state index is -4.99. The number of alkyl halides is 3. The lowest BCUT2D eigenvalue weighted by Gasteiger charge is -2.18. The second-order valence-electron chi connectivity index (χ2n) is 5.59. The van der Waals surface area contributed by atoms with E-state index in [-0.39, 0.29) is 24.8 Å². The molecule has 144 valence electrons. The molecule has 0 unspecified atom stereocenters. The zero-order chi connectivity index (χ0) is 19.9. The Kier molecular flexibility index (Phi) is 7.67. The number of esters is 2. The number of carbonyl (C=O) groups is 2. The molecule has 0 atom stereocenters. The lowest BCUT2D eigenvalue weighted by molar-refractivity contribution is -0.148. The van der Waals surface area contributed by atoms with Crippen LogP contribution in [0.4, 0.5) is 18.9 Å². The van der Waals surface area contributed by atoms with Crippen LogP contribution < -0.4 is 5.32 Å². The van der Waals surface area contributed by atoms with Crippen LogP contribution in [0.1, 0.15) is 39.2 Å². The highest BCUT2D eigenvalue weighted by Gasteiger charge is 2.42. The summed E-state index contributed by atoms with van der Waals surface area (Å²) >= 11 is 0. The summed E-state index contributed by atoms with van der Waals surface area (Å²) in [6.45, 7) is 6.37. The minimum Gasteiger partial charge on any atom is -0.462 e. The lowest BCUT2D eigenvalue weighted by Crippen LogP contribution is -2.29. The van der Waals surface area contributed by atoms with Gasteiger partial charge in [0.25, 0.3) is 0 Å². The first-order chi connectivity index (χ1) is 12.1. The van der Waals surface area contributed by atoms with Gasteiger partial charge in [0.15, 0.2) is 5.57 Å². The molecule has 0 bridgehead atoms. The van der Waals surface area contributed by atoms with Crippen LogP contribution in [0.3, 0.4) is 0 Å². The smallest absolute Gasteiger partial charge is 0.432 e. The quantitative estimate of drug-likeness (QED) is 0.336. The first-order valence-corrected chi connectivity index (χ1v) is 8.14. The molecule has 1 aromatic rings. The van der Waals surface area contributed by atoms with Crippen molar-refractivity contribution in [2.24, 2.45) is 0 Å². The van der Waals surface area contributed by atoms with Crippen LogP contribution in [0.15, 0.2) is 35.5 Å². The Balaban J connectivity index is 3.39. The highest BCUT2D eigenvalue weighted by Crippen LogP contribution is 2.31. The molecule has 1 rings (SSSR count). The number of carbonyl (C=O) groups excluding carboxylic acids is 2. The van der Waals surface area contributed by atoms with Gasteiger partial charge in [0.05, 0.1) is 13.2 Å². The van der Waals surface area contributed by atoms with E-state index in [0.29, 0.717) is 0 Å². The number of ether oxygens (including phenoxy) is 2. The van der Waals surface area contributed by atoms with E-state index >= 15 is 0 Å². The van der Waals surface area contributed by atoms with Gasteiger partial charge in [-0.25, -0.2) is 9.59 Å². The van der Waals surface area contributed by atoms with Gasteiger partial charge in [0.1, 0.15) is 5.70 Å². The summed E-state index contributed by atoms with van der Waals surface area (Å²) in [6, 6.07) is 6.20. The Morgan fingerprint density at radius 2 is 1.46 bits per heavy atom. The third kappa shape index (κ3) is 5.79. The topological polar surface area (TPSA) is 64.6 Å². The molecular weight excluding hydrogens is 351 g/mol. The summed E-state index contributed by atoms with van der Waals surface area (Å²) in [6.07, 6.45) is -4.99. The average Bonchev–Trinajstić information content (AvgIpc) is 2.54. The Labute approximate surface area is 150 Å². The number of allylic oxidation sites excluding steroid dienone is 1. The zero-order valence-corrected chi connectivity index (χ0v) is 15.1. The predicted octanol–water partition coefficient (Wildman–Crippen LogP) is 4.16. The maximum Gasteiger partial charge on any atom is 0.432 e. The van der Waals surface area contributed by atoms with E-state index in [9.17, 15) is 22.8 Å². The fourth-order valence-electron chi connectivity index (χ4n) is 2.06. The second kappa shape index (κ2) is 9.26. The number of hydrogen-bond acceptors (Lipinski definition) is 5. The van der Waals surface area contributed by atoms with Crippen LogP contribution in [0.25, 0.3) is 0 Å². The van der Waals surface area contributed by atoms with Gasteiger partial charge in [-0.15, -0.1) is 0 Å². The van der Waals surface area contributed by atoms with Crippen LogP contribution >= 0.6 is 0 Å². The highest BCUT2D eigenvalue weighted by atomic mass is 19.4. The van der Waals surface area contributed by atoms with E-state index in [4.69, 9.17) is 0 Å². The molecule has 0 aliphatic rings. The van der Waals surface area contributed by atoms with E-state index in [1.54, 1.807) is 12.1 Å². The van der Waals surface area contributed by atoms with E-state index in [1.807, 2.05) is 13.8 Å². The predicted molar refractivity (Wildman–Crippen MR) is 90.5 cm³/mol. The van der Waals surface area contributed by atoms with Crippen molar-refractivity contribution in [3.05, 3.63) is 41.1 Å². The molecule has 5 nitrogen and oxygen atoms in total. The Morgan fingerprint density at radius 1 is 1.00 bits per heavy atom.